The molecule has 0 saturated heterocycles. The van der Waals surface area contributed by atoms with Gasteiger partial charge >= 0.3 is 5.97 Å². The predicted molar refractivity (Wildman–Crippen MR) is 36.6 cm³/mol. The molecule has 0 bridgehead atoms. The first kappa shape index (κ1) is 8.78. The van der Waals surface area contributed by atoms with Crippen LogP contribution in [-0.4, -0.2) is 29.4 Å². The van der Waals surface area contributed by atoms with Crippen molar-refractivity contribution in [3.8, 4) is 0 Å². The molecule has 0 aliphatic heterocycles. The topological polar surface area (TPSA) is 46.5 Å². The van der Waals surface area contributed by atoms with Gasteiger partial charge in [0.15, 0.2) is 5.44 Å². The molecule has 0 radical (unpaired) electrons. The smallest absolute Gasteiger partial charge is 0.343 e. The van der Waals surface area contributed by atoms with Crippen LogP contribution >= 0.6 is 11.8 Å². The minimum atomic E-state index is -0.913. The normalized spacial score (nSPS) is 13.1. The SMILES string of the molecule is CCSC(OC)C(=O)O. The summed E-state index contributed by atoms with van der Waals surface area (Å²) < 4.78 is 4.62. The standard InChI is InChI=1S/C5H10O3S/c1-3-9-5(8-2)4(6)7/h5H,3H2,1-2H3,(H,6,7). The number of methoxy groups -OCH3 is 1. The summed E-state index contributed by atoms with van der Waals surface area (Å²) in [5.41, 5.74) is -0.699. The molecule has 4 heteroatoms. The zero-order valence-electron chi connectivity index (χ0n) is 5.46. The molecular weight excluding hydrogens is 140 g/mol. The van der Waals surface area contributed by atoms with E-state index in [0.717, 1.165) is 5.75 Å². The van der Waals surface area contributed by atoms with E-state index in [1.807, 2.05) is 6.92 Å². The summed E-state index contributed by atoms with van der Waals surface area (Å²) in [6.45, 7) is 1.89. The summed E-state index contributed by atoms with van der Waals surface area (Å²) in [5, 5.41) is 8.36. The lowest BCUT2D eigenvalue weighted by Gasteiger charge is -2.06. The van der Waals surface area contributed by atoms with E-state index in [0.29, 0.717) is 0 Å². The minimum absolute atomic E-state index is 0.699. The summed E-state index contributed by atoms with van der Waals surface area (Å²) in [4.78, 5) is 10.2. The summed E-state index contributed by atoms with van der Waals surface area (Å²) in [7, 11) is 1.39. The van der Waals surface area contributed by atoms with Crippen LogP contribution in [-0.2, 0) is 9.53 Å². The average molecular weight is 150 g/mol. The Bertz CT molecular complexity index is 94.2. The van der Waals surface area contributed by atoms with Crippen LogP contribution in [0.1, 0.15) is 6.92 Å². The van der Waals surface area contributed by atoms with Gasteiger partial charge in [0.2, 0.25) is 0 Å². The molecule has 0 aromatic heterocycles. The third-order valence-corrected chi connectivity index (χ3v) is 1.76. The molecule has 1 atom stereocenters. The third-order valence-electron chi connectivity index (χ3n) is 0.734. The average Bonchev–Trinajstić information content (AvgIpc) is 1.82. The van der Waals surface area contributed by atoms with Crippen LogP contribution in [0.5, 0.6) is 0 Å². The van der Waals surface area contributed by atoms with Gasteiger partial charge in [-0.1, -0.05) is 6.92 Å². The van der Waals surface area contributed by atoms with Gasteiger partial charge in [0.25, 0.3) is 0 Å². The molecule has 0 spiro atoms. The fraction of sp³-hybridized carbons (Fsp3) is 0.800. The van der Waals surface area contributed by atoms with Gasteiger partial charge in [0, 0.05) is 7.11 Å². The van der Waals surface area contributed by atoms with Gasteiger partial charge in [-0.15, -0.1) is 11.8 Å². The number of thioether (sulfide) groups is 1. The van der Waals surface area contributed by atoms with E-state index in [-0.39, 0.29) is 0 Å². The molecule has 0 saturated carbocycles. The molecule has 0 rings (SSSR count). The summed E-state index contributed by atoms with van der Waals surface area (Å²) in [6.07, 6.45) is 0. The highest BCUT2D eigenvalue weighted by molar-refractivity contribution is 8.00. The molecule has 0 amide bonds. The number of carboxylic acid groups (broad SMARTS) is 1. The maximum atomic E-state index is 10.2. The number of aliphatic carboxylic acids is 1. The van der Waals surface area contributed by atoms with Crippen molar-refractivity contribution in [2.45, 2.75) is 12.4 Å². The largest absolute Gasteiger partial charge is 0.479 e. The second-order valence-corrected chi connectivity index (χ2v) is 2.70. The number of hydrogen-bond donors (Lipinski definition) is 1. The van der Waals surface area contributed by atoms with Crippen molar-refractivity contribution >= 4 is 17.7 Å². The number of hydrogen-bond acceptors (Lipinski definition) is 3. The van der Waals surface area contributed by atoms with Crippen molar-refractivity contribution in [1.29, 1.82) is 0 Å². The third kappa shape index (κ3) is 3.37. The number of carbonyl (C=O) groups is 1. The van der Waals surface area contributed by atoms with Crippen LogP contribution < -0.4 is 0 Å². The quantitative estimate of drug-likeness (QED) is 0.602. The minimum Gasteiger partial charge on any atom is -0.479 e. The van der Waals surface area contributed by atoms with Gasteiger partial charge in [0.05, 0.1) is 0 Å². The zero-order chi connectivity index (χ0) is 7.28. The molecule has 1 unspecified atom stereocenters. The first-order valence-electron chi connectivity index (χ1n) is 2.59. The fourth-order valence-electron chi connectivity index (χ4n) is 0.392. The van der Waals surface area contributed by atoms with Gasteiger partial charge in [-0.05, 0) is 5.75 Å². The lowest BCUT2D eigenvalue weighted by Crippen LogP contribution is -2.18. The summed E-state index contributed by atoms with van der Waals surface area (Å²) in [5.74, 6) is -0.158. The van der Waals surface area contributed by atoms with Gasteiger partial charge < -0.3 is 9.84 Å². The second-order valence-electron chi connectivity index (χ2n) is 1.36. The van der Waals surface area contributed by atoms with Crippen LogP contribution in [0, 0.1) is 0 Å². The van der Waals surface area contributed by atoms with Crippen molar-refractivity contribution in [3.05, 3.63) is 0 Å². The second kappa shape index (κ2) is 4.64. The van der Waals surface area contributed by atoms with E-state index in [2.05, 4.69) is 4.74 Å². The highest BCUT2D eigenvalue weighted by Crippen LogP contribution is 2.09. The lowest BCUT2D eigenvalue weighted by atomic mass is 10.7. The van der Waals surface area contributed by atoms with Crippen LogP contribution in [0.15, 0.2) is 0 Å². The monoisotopic (exact) mass is 150 g/mol. The Morgan fingerprint density at radius 3 is 2.56 bits per heavy atom. The van der Waals surface area contributed by atoms with Gasteiger partial charge in [-0.3, -0.25) is 0 Å². The predicted octanol–water partition coefficient (Wildman–Crippen LogP) is 0.797. The van der Waals surface area contributed by atoms with Crippen molar-refractivity contribution < 1.29 is 14.6 Å². The van der Waals surface area contributed by atoms with Crippen LogP contribution in [0.2, 0.25) is 0 Å². The lowest BCUT2D eigenvalue weighted by molar-refractivity contribution is -0.143. The van der Waals surface area contributed by atoms with Crippen LogP contribution in [0.4, 0.5) is 0 Å². The van der Waals surface area contributed by atoms with E-state index in [1.54, 1.807) is 0 Å². The Balaban J connectivity index is 3.54. The fourth-order valence-corrected chi connectivity index (χ4v) is 0.973. The van der Waals surface area contributed by atoms with E-state index in [1.165, 1.54) is 18.9 Å². The molecule has 0 aromatic carbocycles. The van der Waals surface area contributed by atoms with Gasteiger partial charge in [-0.25, -0.2) is 4.79 Å². The Kier molecular flexibility index (Phi) is 4.53. The van der Waals surface area contributed by atoms with Gasteiger partial charge in [0.1, 0.15) is 0 Å². The summed E-state index contributed by atoms with van der Waals surface area (Å²) >= 11 is 1.26. The Hall–Kier alpha value is -0.220. The van der Waals surface area contributed by atoms with E-state index < -0.39 is 11.4 Å². The Morgan fingerprint density at radius 1 is 1.89 bits per heavy atom. The van der Waals surface area contributed by atoms with Crippen molar-refractivity contribution in [2.75, 3.05) is 12.9 Å². The molecule has 9 heavy (non-hydrogen) atoms. The molecular formula is C5H10O3S. The number of rotatable bonds is 4. The van der Waals surface area contributed by atoms with Crippen molar-refractivity contribution in [3.63, 3.8) is 0 Å². The highest BCUT2D eigenvalue weighted by Gasteiger charge is 2.14. The molecule has 0 aliphatic rings. The van der Waals surface area contributed by atoms with Gasteiger partial charge in [-0.2, -0.15) is 0 Å². The van der Waals surface area contributed by atoms with Crippen LogP contribution in [0.3, 0.4) is 0 Å². The molecule has 0 aliphatic carbocycles. The zero-order valence-corrected chi connectivity index (χ0v) is 6.27. The van der Waals surface area contributed by atoms with E-state index in [4.69, 9.17) is 5.11 Å². The Labute approximate surface area is 58.4 Å². The number of carboxylic acids is 1. The molecule has 3 nitrogen and oxygen atoms in total. The highest BCUT2D eigenvalue weighted by atomic mass is 32.2. The maximum Gasteiger partial charge on any atom is 0.343 e. The molecule has 1 N–H and O–H groups in total. The van der Waals surface area contributed by atoms with Crippen molar-refractivity contribution in [2.24, 2.45) is 0 Å². The molecule has 0 aromatic rings. The molecule has 0 heterocycles. The summed E-state index contributed by atoms with van der Waals surface area (Å²) in [6, 6.07) is 0. The first-order chi connectivity index (χ1) is 4.22. The molecule has 0 fully saturated rings. The van der Waals surface area contributed by atoms with E-state index >= 15 is 0 Å². The Morgan fingerprint density at radius 2 is 2.44 bits per heavy atom. The molecule has 54 valence electrons. The van der Waals surface area contributed by atoms with Crippen LogP contribution in [0.25, 0.3) is 0 Å². The number of ether oxygens (including phenoxy) is 1. The first-order valence-corrected chi connectivity index (χ1v) is 3.64. The van der Waals surface area contributed by atoms with Crippen molar-refractivity contribution in [1.82, 2.24) is 0 Å². The maximum absolute atomic E-state index is 10.2. The van der Waals surface area contributed by atoms with E-state index in [9.17, 15) is 4.79 Å².